The molecule has 1 saturated carbocycles. The number of carbonyl (C=O) groups is 4. The average Bonchev–Trinajstić information content (AvgIpc) is 3.25. The number of nitrogens with one attached hydrogen (secondary N) is 2. The van der Waals surface area contributed by atoms with Gasteiger partial charge >= 0.3 is 12.1 Å². The fourth-order valence-electron chi connectivity index (χ4n) is 4.53. The number of aliphatic carboxylic acids is 1. The Labute approximate surface area is 210 Å². The third-order valence-corrected chi connectivity index (χ3v) is 6.33. The summed E-state index contributed by atoms with van der Waals surface area (Å²) >= 11 is 0. The van der Waals surface area contributed by atoms with Crippen molar-refractivity contribution in [2.45, 2.75) is 95.0 Å². The highest BCUT2D eigenvalue weighted by atomic mass is 16.6. The van der Waals surface area contributed by atoms with Crippen LogP contribution in [0.1, 0.15) is 65.7 Å². The largest absolute Gasteiger partial charge is 0.479 e. The lowest BCUT2D eigenvalue weighted by atomic mass is 10.0. The number of alkyl carbamates (subject to hydrolysis) is 1. The van der Waals surface area contributed by atoms with E-state index in [0.717, 1.165) is 19.3 Å². The number of carbonyl (C=O) groups excluding carboxylic acids is 3. The van der Waals surface area contributed by atoms with E-state index in [9.17, 15) is 29.4 Å². The number of rotatable bonds is 2. The van der Waals surface area contributed by atoms with Crippen molar-refractivity contribution in [3.63, 3.8) is 0 Å². The molecule has 0 aromatic carbocycles. The highest BCUT2D eigenvalue weighted by molar-refractivity contribution is 5.96. The maximum atomic E-state index is 13.4. The van der Waals surface area contributed by atoms with Crippen LogP contribution in [0.15, 0.2) is 12.2 Å². The quantitative estimate of drug-likeness (QED) is 0.326. The maximum absolute atomic E-state index is 13.4. The van der Waals surface area contributed by atoms with Crippen LogP contribution in [0.4, 0.5) is 4.79 Å². The lowest BCUT2D eigenvalue weighted by Gasteiger charge is -2.30. The lowest BCUT2D eigenvalue weighted by molar-refractivity contribution is -0.145. The number of fused-ring (bicyclic) bond motifs is 2. The van der Waals surface area contributed by atoms with Gasteiger partial charge in [-0.3, -0.25) is 9.59 Å². The van der Waals surface area contributed by atoms with Gasteiger partial charge in [-0.2, -0.15) is 0 Å². The van der Waals surface area contributed by atoms with E-state index in [1.807, 2.05) is 12.2 Å². The van der Waals surface area contributed by atoms with Crippen molar-refractivity contribution in [1.29, 1.82) is 0 Å². The Morgan fingerprint density at radius 2 is 1.83 bits per heavy atom. The van der Waals surface area contributed by atoms with Crippen LogP contribution in [0.3, 0.4) is 0 Å². The molecule has 2 fully saturated rings. The highest BCUT2D eigenvalue weighted by Crippen LogP contribution is 2.45. The number of amides is 3. The van der Waals surface area contributed by atoms with E-state index in [-0.39, 0.29) is 41.7 Å². The van der Waals surface area contributed by atoms with Gasteiger partial charge in [0.25, 0.3) is 0 Å². The Balaban J connectivity index is 0.00000408. The number of carboxylic acids is 1. The Morgan fingerprint density at radius 1 is 1.17 bits per heavy atom. The third-order valence-electron chi connectivity index (χ3n) is 6.33. The molecule has 1 aliphatic carbocycles. The number of allylic oxidation sites excluding steroid dienone is 1. The molecule has 1 saturated heterocycles. The minimum atomic E-state index is -1.38. The molecule has 2 aliphatic heterocycles. The van der Waals surface area contributed by atoms with Gasteiger partial charge in [0.15, 0.2) is 0 Å². The molecule has 2 heterocycles. The first-order valence-corrected chi connectivity index (χ1v) is 11.6. The summed E-state index contributed by atoms with van der Waals surface area (Å²) in [6.45, 7) is 5.10. The molecule has 3 aliphatic rings. The predicted octanol–water partition coefficient (Wildman–Crippen LogP) is -1.15. The molecule has 13 heteroatoms. The van der Waals surface area contributed by atoms with E-state index >= 15 is 0 Å². The number of nitrogens with zero attached hydrogens (tertiary/aromatic N) is 1. The van der Waals surface area contributed by atoms with Crippen molar-refractivity contribution >= 4 is 23.9 Å². The van der Waals surface area contributed by atoms with Crippen LogP contribution in [0.25, 0.3) is 0 Å². The van der Waals surface area contributed by atoms with Crippen molar-refractivity contribution in [3.05, 3.63) is 12.2 Å². The minimum absolute atomic E-state index is 0. The van der Waals surface area contributed by atoms with E-state index in [0.29, 0.717) is 12.8 Å². The summed E-state index contributed by atoms with van der Waals surface area (Å²) in [5, 5.41) is 25.2. The van der Waals surface area contributed by atoms with Crippen LogP contribution in [-0.4, -0.2) is 91.3 Å². The molecule has 13 nitrogen and oxygen atoms in total. The first-order valence-electron chi connectivity index (χ1n) is 11.6. The van der Waals surface area contributed by atoms with Gasteiger partial charge < -0.3 is 46.9 Å². The standard InChI is InChI=1S/C23H35N3O7.3H2O/c1-22(2,3)33-21(32)24-16-10-8-6-4-5-7-9-14-12-23(14,20(30)31)25-18(28)17-11-15(27)13-26(17)19(16)29;;;/h7,9,14-17,27H,4-6,8,10-13H2,1-3H3,(H,24,32)(H,25,28)(H,30,31);3*1H2/b9-7-;;;/t14-,15-,16+,17+,23-;;;/m1.../s1. The second kappa shape index (κ2) is 13.0. The topological polar surface area (TPSA) is 240 Å². The first kappa shape index (κ1) is 33.3. The van der Waals surface area contributed by atoms with E-state index < -0.39 is 53.2 Å². The molecule has 0 aromatic rings. The molecule has 208 valence electrons. The summed E-state index contributed by atoms with van der Waals surface area (Å²) < 4.78 is 5.30. The van der Waals surface area contributed by atoms with Crippen molar-refractivity contribution in [2.24, 2.45) is 5.92 Å². The summed E-state index contributed by atoms with van der Waals surface area (Å²) in [5.41, 5.74) is -2.12. The Kier molecular flexibility index (Phi) is 12.0. The summed E-state index contributed by atoms with van der Waals surface area (Å²) in [6, 6.07) is -1.93. The molecule has 36 heavy (non-hydrogen) atoms. The average molecular weight is 520 g/mol. The molecule has 3 amide bonds. The van der Waals surface area contributed by atoms with E-state index in [4.69, 9.17) is 4.74 Å². The van der Waals surface area contributed by atoms with Gasteiger partial charge in [0.05, 0.1) is 6.10 Å². The zero-order valence-electron chi connectivity index (χ0n) is 21.0. The number of aliphatic hydroxyl groups excluding tert-OH is 1. The predicted molar refractivity (Wildman–Crippen MR) is 129 cm³/mol. The number of ether oxygens (including phenoxy) is 1. The molecule has 0 aromatic heterocycles. The van der Waals surface area contributed by atoms with Crippen molar-refractivity contribution in [1.82, 2.24) is 15.5 Å². The highest BCUT2D eigenvalue weighted by Gasteiger charge is 2.61. The molecule has 10 N–H and O–H groups in total. The van der Waals surface area contributed by atoms with Gasteiger partial charge in [-0.1, -0.05) is 25.0 Å². The van der Waals surface area contributed by atoms with E-state index in [1.165, 1.54) is 4.90 Å². The fourth-order valence-corrected chi connectivity index (χ4v) is 4.53. The number of hydrogen-bond acceptors (Lipinski definition) is 6. The number of hydrogen-bond donors (Lipinski definition) is 4. The van der Waals surface area contributed by atoms with E-state index in [1.54, 1.807) is 20.8 Å². The first-order chi connectivity index (χ1) is 15.4. The molecule has 3 rings (SSSR count). The van der Waals surface area contributed by atoms with Crippen LogP contribution < -0.4 is 10.6 Å². The van der Waals surface area contributed by atoms with Gasteiger partial charge in [-0.25, -0.2) is 9.59 Å². The Morgan fingerprint density at radius 3 is 2.44 bits per heavy atom. The molecule has 0 unspecified atom stereocenters. The zero-order chi connectivity index (χ0) is 24.4. The minimum Gasteiger partial charge on any atom is -0.479 e. The van der Waals surface area contributed by atoms with Gasteiger partial charge in [0.2, 0.25) is 11.8 Å². The summed E-state index contributed by atoms with van der Waals surface area (Å²) in [6.07, 6.45) is 5.91. The normalized spacial score (nSPS) is 31.3. The van der Waals surface area contributed by atoms with Crippen molar-refractivity contribution < 1.29 is 50.6 Å². The zero-order valence-corrected chi connectivity index (χ0v) is 21.0. The molecular formula is C23H41N3O10. The second-order valence-electron chi connectivity index (χ2n) is 10.2. The van der Waals surface area contributed by atoms with Crippen LogP contribution >= 0.6 is 0 Å². The molecule has 0 spiro atoms. The lowest BCUT2D eigenvalue weighted by Crippen LogP contribution is -2.56. The summed E-state index contributed by atoms with van der Waals surface area (Å²) in [4.78, 5) is 52.0. The van der Waals surface area contributed by atoms with Crippen molar-refractivity contribution in [2.75, 3.05) is 6.54 Å². The smallest absolute Gasteiger partial charge is 0.408 e. The number of carboxylic acid groups (broad SMARTS) is 1. The van der Waals surface area contributed by atoms with Gasteiger partial charge in [-0.05, 0) is 46.5 Å². The van der Waals surface area contributed by atoms with Gasteiger partial charge in [-0.15, -0.1) is 0 Å². The maximum Gasteiger partial charge on any atom is 0.408 e. The van der Waals surface area contributed by atoms with Gasteiger partial charge in [0, 0.05) is 18.9 Å². The van der Waals surface area contributed by atoms with Crippen molar-refractivity contribution in [3.8, 4) is 0 Å². The molecule has 5 atom stereocenters. The number of aliphatic hydroxyl groups is 1. The van der Waals surface area contributed by atoms with Crippen LogP contribution in [0.5, 0.6) is 0 Å². The SMILES string of the molecule is CC(C)(C)OC(=O)N[C@H]1CCCCC/C=C\[C@@H]2C[C@@]2(C(=O)O)NC(=O)[C@@H]2C[C@@H](O)CN2C1=O.O.O.O. The van der Waals surface area contributed by atoms with Gasteiger partial charge in [0.1, 0.15) is 23.2 Å². The monoisotopic (exact) mass is 519 g/mol. The molecular weight excluding hydrogens is 478 g/mol. The Hall–Kier alpha value is -2.74. The van der Waals surface area contributed by atoms with Crippen LogP contribution in [0.2, 0.25) is 0 Å². The Bertz CT molecular complexity index is 827. The summed E-state index contributed by atoms with van der Waals surface area (Å²) in [5.74, 6) is -2.51. The summed E-state index contributed by atoms with van der Waals surface area (Å²) in [7, 11) is 0. The van der Waals surface area contributed by atoms with Crippen LogP contribution in [0, 0.1) is 5.92 Å². The third kappa shape index (κ3) is 7.88. The second-order valence-corrected chi connectivity index (χ2v) is 10.2. The molecule has 0 bridgehead atoms. The van der Waals surface area contributed by atoms with Crippen LogP contribution in [-0.2, 0) is 19.1 Å². The van der Waals surface area contributed by atoms with E-state index in [2.05, 4.69) is 10.6 Å². The fraction of sp³-hybridized carbons (Fsp3) is 0.739. The molecule has 0 radical (unpaired) electrons.